The third-order valence-corrected chi connectivity index (χ3v) is 3.23. The molecular formula is C16H13N3O2. The van der Waals surface area contributed by atoms with Crippen molar-refractivity contribution in [2.45, 2.75) is 0 Å². The molecule has 21 heavy (non-hydrogen) atoms. The lowest BCUT2D eigenvalue weighted by molar-refractivity contribution is 0.102. The van der Waals surface area contributed by atoms with Crippen LogP contribution in [-0.4, -0.2) is 15.5 Å². The van der Waals surface area contributed by atoms with E-state index in [4.69, 9.17) is 0 Å². The molecular weight excluding hydrogens is 266 g/mol. The van der Waals surface area contributed by atoms with Gasteiger partial charge in [-0.25, -0.2) is 0 Å². The van der Waals surface area contributed by atoms with Crippen LogP contribution in [-0.2, 0) is 7.05 Å². The predicted molar refractivity (Wildman–Crippen MR) is 81.4 cm³/mol. The van der Waals surface area contributed by atoms with E-state index in [0.29, 0.717) is 11.3 Å². The van der Waals surface area contributed by atoms with Gasteiger partial charge in [0.15, 0.2) is 0 Å². The number of anilines is 1. The van der Waals surface area contributed by atoms with Crippen molar-refractivity contribution >= 4 is 22.5 Å². The number of pyridine rings is 2. The van der Waals surface area contributed by atoms with Crippen molar-refractivity contribution in [3.8, 4) is 0 Å². The third kappa shape index (κ3) is 2.53. The zero-order valence-electron chi connectivity index (χ0n) is 11.4. The first-order valence-corrected chi connectivity index (χ1v) is 6.47. The lowest BCUT2D eigenvalue weighted by Gasteiger charge is -2.08. The summed E-state index contributed by atoms with van der Waals surface area (Å²) in [6.07, 6.45) is 3.19. The minimum atomic E-state index is -0.274. The monoisotopic (exact) mass is 279 g/mol. The highest BCUT2D eigenvalue weighted by Gasteiger charge is 2.09. The van der Waals surface area contributed by atoms with Crippen molar-refractivity contribution in [3.05, 3.63) is 70.8 Å². The maximum Gasteiger partial charge on any atom is 0.257 e. The molecule has 0 radical (unpaired) electrons. The summed E-state index contributed by atoms with van der Waals surface area (Å²) in [6, 6.07) is 12.3. The second-order valence-corrected chi connectivity index (χ2v) is 4.70. The van der Waals surface area contributed by atoms with Crippen LogP contribution in [0.5, 0.6) is 0 Å². The molecule has 0 unspecified atom stereocenters. The van der Waals surface area contributed by atoms with Crippen molar-refractivity contribution in [2.75, 3.05) is 5.32 Å². The Hall–Kier alpha value is -2.95. The molecule has 0 aliphatic rings. The highest BCUT2D eigenvalue weighted by Crippen LogP contribution is 2.21. The van der Waals surface area contributed by atoms with E-state index < -0.39 is 0 Å². The third-order valence-electron chi connectivity index (χ3n) is 3.23. The highest BCUT2D eigenvalue weighted by atomic mass is 16.2. The lowest BCUT2D eigenvalue weighted by atomic mass is 10.2. The number of hydrogen-bond donors (Lipinski definition) is 1. The predicted octanol–water partition coefficient (Wildman–Crippen LogP) is 2.19. The number of nitrogens with one attached hydrogen (secondary N) is 1. The van der Waals surface area contributed by atoms with Crippen LogP contribution in [0.25, 0.3) is 10.9 Å². The summed E-state index contributed by atoms with van der Waals surface area (Å²) < 4.78 is 1.37. The Balaban J connectivity index is 1.96. The van der Waals surface area contributed by atoms with Crippen LogP contribution in [0.4, 0.5) is 5.69 Å². The van der Waals surface area contributed by atoms with Gasteiger partial charge in [-0.3, -0.25) is 14.6 Å². The first-order valence-electron chi connectivity index (χ1n) is 6.47. The van der Waals surface area contributed by atoms with Gasteiger partial charge in [-0.1, -0.05) is 18.2 Å². The van der Waals surface area contributed by atoms with Crippen LogP contribution < -0.4 is 10.9 Å². The number of benzene rings is 1. The summed E-state index contributed by atoms with van der Waals surface area (Å²) >= 11 is 0. The Bertz CT molecular complexity index is 879. The van der Waals surface area contributed by atoms with Crippen molar-refractivity contribution < 1.29 is 4.79 Å². The Morgan fingerprint density at radius 2 is 1.95 bits per heavy atom. The molecule has 0 aliphatic carbocycles. The molecule has 0 bridgehead atoms. The fourth-order valence-corrected chi connectivity index (χ4v) is 2.13. The number of amides is 1. The summed E-state index contributed by atoms with van der Waals surface area (Å²) in [7, 11) is 1.61. The van der Waals surface area contributed by atoms with Gasteiger partial charge in [-0.05, 0) is 18.2 Å². The second kappa shape index (κ2) is 5.20. The van der Waals surface area contributed by atoms with Gasteiger partial charge in [0.05, 0.1) is 16.8 Å². The normalized spacial score (nSPS) is 10.5. The van der Waals surface area contributed by atoms with Gasteiger partial charge in [0.25, 0.3) is 5.91 Å². The van der Waals surface area contributed by atoms with E-state index in [9.17, 15) is 9.59 Å². The molecule has 0 saturated carbocycles. The number of carbonyl (C=O) groups is 1. The van der Waals surface area contributed by atoms with Crippen molar-refractivity contribution in [2.24, 2.45) is 7.05 Å². The first-order chi connectivity index (χ1) is 10.1. The number of fused-ring (bicyclic) bond motifs is 1. The molecule has 5 heteroatoms. The molecule has 1 aromatic carbocycles. The summed E-state index contributed by atoms with van der Waals surface area (Å²) in [5, 5.41) is 3.79. The topological polar surface area (TPSA) is 64.0 Å². The van der Waals surface area contributed by atoms with E-state index in [-0.39, 0.29) is 11.5 Å². The average molecular weight is 279 g/mol. The zero-order chi connectivity index (χ0) is 14.8. The summed E-state index contributed by atoms with van der Waals surface area (Å²) in [5.74, 6) is -0.274. The summed E-state index contributed by atoms with van der Waals surface area (Å²) in [6.45, 7) is 0. The number of hydrogen-bond acceptors (Lipinski definition) is 3. The Labute approximate surface area is 120 Å². The number of nitrogens with zero attached hydrogens (tertiary/aromatic N) is 2. The molecule has 1 amide bonds. The van der Waals surface area contributed by atoms with Crippen LogP contribution in [0.15, 0.2) is 59.7 Å². The van der Waals surface area contributed by atoms with Gasteiger partial charge in [0.2, 0.25) is 5.56 Å². The van der Waals surface area contributed by atoms with Gasteiger partial charge < -0.3 is 9.88 Å². The first kappa shape index (κ1) is 13.1. The van der Waals surface area contributed by atoms with Gasteiger partial charge in [-0.2, -0.15) is 0 Å². The van der Waals surface area contributed by atoms with E-state index >= 15 is 0 Å². The molecule has 0 aliphatic heterocycles. The van der Waals surface area contributed by atoms with E-state index in [1.165, 1.54) is 22.9 Å². The Kier molecular flexibility index (Phi) is 3.23. The zero-order valence-corrected chi connectivity index (χ0v) is 11.4. The van der Waals surface area contributed by atoms with Crippen LogP contribution in [0.2, 0.25) is 0 Å². The fourth-order valence-electron chi connectivity index (χ4n) is 2.13. The van der Waals surface area contributed by atoms with Crippen molar-refractivity contribution in [1.29, 1.82) is 0 Å². The Morgan fingerprint density at radius 1 is 1.14 bits per heavy atom. The molecule has 1 N–H and O–H groups in total. The molecule has 104 valence electrons. The number of para-hydroxylation sites is 1. The molecule has 2 aromatic heterocycles. The van der Waals surface area contributed by atoms with Crippen LogP contribution >= 0.6 is 0 Å². The standard InChI is InChI=1S/C16H13N3O2/c1-19-10-12(7-8-14(19)20)16(21)18-13-6-2-4-11-5-3-9-17-15(11)13/h2-10H,1H3,(H,18,21). The quantitative estimate of drug-likeness (QED) is 0.782. The summed E-state index contributed by atoms with van der Waals surface area (Å²) in [5.41, 5.74) is 1.65. The molecule has 0 atom stereocenters. The van der Waals surface area contributed by atoms with E-state index in [0.717, 1.165) is 10.9 Å². The average Bonchev–Trinajstić information content (AvgIpc) is 2.50. The van der Waals surface area contributed by atoms with Gasteiger partial charge in [-0.15, -0.1) is 0 Å². The highest BCUT2D eigenvalue weighted by molar-refractivity contribution is 6.08. The van der Waals surface area contributed by atoms with Crippen molar-refractivity contribution in [3.63, 3.8) is 0 Å². The van der Waals surface area contributed by atoms with Crippen LogP contribution in [0.3, 0.4) is 0 Å². The number of aryl methyl sites for hydroxylation is 1. The molecule has 3 aromatic rings. The molecule has 5 nitrogen and oxygen atoms in total. The van der Waals surface area contributed by atoms with E-state index in [1.807, 2.05) is 24.3 Å². The second-order valence-electron chi connectivity index (χ2n) is 4.70. The van der Waals surface area contributed by atoms with E-state index in [1.54, 1.807) is 19.3 Å². The fraction of sp³-hybridized carbons (Fsp3) is 0.0625. The maximum absolute atomic E-state index is 12.3. The van der Waals surface area contributed by atoms with Gasteiger partial charge in [0, 0.05) is 30.9 Å². The number of aromatic nitrogens is 2. The van der Waals surface area contributed by atoms with Gasteiger partial charge >= 0.3 is 0 Å². The minimum Gasteiger partial charge on any atom is -0.320 e. The van der Waals surface area contributed by atoms with E-state index in [2.05, 4.69) is 10.3 Å². The molecule has 2 heterocycles. The van der Waals surface area contributed by atoms with Gasteiger partial charge in [0.1, 0.15) is 0 Å². The van der Waals surface area contributed by atoms with Crippen LogP contribution in [0.1, 0.15) is 10.4 Å². The largest absolute Gasteiger partial charge is 0.320 e. The smallest absolute Gasteiger partial charge is 0.257 e. The SMILES string of the molecule is Cn1cc(C(=O)Nc2cccc3cccnc23)ccc1=O. The van der Waals surface area contributed by atoms with Crippen molar-refractivity contribution in [1.82, 2.24) is 9.55 Å². The number of rotatable bonds is 2. The lowest BCUT2D eigenvalue weighted by Crippen LogP contribution is -2.19. The van der Waals surface area contributed by atoms with Crippen LogP contribution in [0, 0.1) is 0 Å². The molecule has 0 fully saturated rings. The minimum absolute atomic E-state index is 0.154. The maximum atomic E-state index is 12.3. The molecule has 0 saturated heterocycles. The summed E-state index contributed by atoms with van der Waals surface area (Å²) in [4.78, 5) is 27.9. The molecule has 3 rings (SSSR count). The Morgan fingerprint density at radius 3 is 2.76 bits per heavy atom. The number of carbonyl (C=O) groups excluding carboxylic acids is 1. The molecule has 0 spiro atoms.